The molecule has 3 heterocycles. The molecule has 4 rings (SSSR count). The highest BCUT2D eigenvalue weighted by Crippen LogP contribution is 2.29. The fraction of sp³-hybridized carbons (Fsp3) is 0.222. The van der Waals surface area contributed by atoms with Gasteiger partial charge in [-0.1, -0.05) is 6.07 Å². The van der Waals surface area contributed by atoms with Gasteiger partial charge in [-0.15, -0.1) is 22.7 Å². The highest BCUT2D eigenvalue weighted by molar-refractivity contribution is 7.16. The van der Waals surface area contributed by atoms with Gasteiger partial charge in [-0.25, -0.2) is 13.8 Å². The van der Waals surface area contributed by atoms with Crippen LogP contribution in [0.1, 0.15) is 25.8 Å². The van der Waals surface area contributed by atoms with Gasteiger partial charge in [0.05, 0.1) is 10.6 Å². The number of rotatable bonds is 4. The van der Waals surface area contributed by atoms with Gasteiger partial charge in [0.1, 0.15) is 11.6 Å². The number of aromatic nitrogens is 1. The molecule has 0 atom stereocenters. The van der Waals surface area contributed by atoms with E-state index in [1.807, 2.05) is 11.4 Å². The van der Waals surface area contributed by atoms with E-state index in [1.165, 1.54) is 28.7 Å². The Hall–Kier alpha value is -2.16. The maximum Gasteiger partial charge on any atom is 0.267 e. The first-order chi connectivity index (χ1) is 12.6. The van der Waals surface area contributed by atoms with Crippen molar-refractivity contribution in [1.29, 1.82) is 0 Å². The van der Waals surface area contributed by atoms with Crippen molar-refractivity contribution in [1.82, 2.24) is 9.88 Å². The number of hydrogen-bond acceptors (Lipinski definition) is 5. The van der Waals surface area contributed by atoms with Crippen molar-refractivity contribution in [3.8, 4) is 0 Å². The molecule has 1 aromatic carbocycles. The van der Waals surface area contributed by atoms with E-state index >= 15 is 0 Å². The zero-order chi connectivity index (χ0) is 18.1. The molecule has 134 valence electrons. The number of hydrogen-bond donors (Lipinski definition) is 1. The number of thiophene rings is 1. The maximum absolute atomic E-state index is 13.9. The highest BCUT2D eigenvalue weighted by atomic mass is 32.1. The summed E-state index contributed by atoms with van der Waals surface area (Å²) >= 11 is 2.81. The van der Waals surface area contributed by atoms with E-state index < -0.39 is 11.6 Å². The Balaban J connectivity index is 1.45. The van der Waals surface area contributed by atoms with Crippen LogP contribution in [0.25, 0.3) is 0 Å². The summed E-state index contributed by atoms with van der Waals surface area (Å²) < 4.78 is 27.2. The topological polar surface area (TPSA) is 45.2 Å². The zero-order valence-corrected chi connectivity index (χ0v) is 15.3. The van der Waals surface area contributed by atoms with Gasteiger partial charge in [-0.05, 0) is 29.6 Å². The van der Waals surface area contributed by atoms with Gasteiger partial charge in [0.15, 0.2) is 5.13 Å². The van der Waals surface area contributed by atoms with Gasteiger partial charge in [-0.3, -0.25) is 15.0 Å². The van der Waals surface area contributed by atoms with Crippen LogP contribution in [-0.4, -0.2) is 22.3 Å². The van der Waals surface area contributed by atoms with Gasteiger partial charge >= 0.3 is 0 Å². The summed E-state index contributed by atoms with van der Waals surface area (Å²) in [6.07, 6.45) is 0.720. The number of halogens is 2. The fourth-order valence-corrected chi connectivity index (χ4v) is 4.57. The molecule has 1 N–H and O–H groups in total. The van der Waals surface area contributed by atoms with Crippen LogP contribution in [0.3, 0.4) is 0 Å². The van der Waals surface area contributed by atoms with E-state index in [-0.39, 0.29) is 5.91 Å². The quantitative estimate of drug-likeness (QED) is 0.722. The van der Waals surface area contributed by atoms with E-state index in [2.05, 4.69) is 15.2 Å². The lowest BCUT2D eigenvalue weighted by Crippen LogP contribution is -2.29. The van der Waals surface area contributed by atoms with E-state index in [9.17, 15) is 13.6 Å². The van der Waals surface area contributed by atoms with E-state index in [4.69, 9.17) is 0 Å². The van der Waals surface area contributed by atoms with Crippen molar-refractivity contribution in [3.05, 3.63) is 68.4 Å². The SMILES string of the molecule is O=C(Nc1nc2c(s1)CN(Cc1cc(F)ccc1F)CC2)c1cccs1. The average Bonchev–Trinajstić information content (AvgIpc) is 3.27. The van der Waals surface area contributed by atoms with Crippen molar-refractivity contribution < 1.29 is 13.6 Å². The molecule has 0 spiro atoms. The van der Waals surface area contributed by atoms with Crippen LogP contribution < -0.4 is 5.32 Å². The van der Waals surface area contributed by atoms with Gasteiger partial charge in [0, 0.05) is 36.5 Å². The number of nitrogens with one attached hydrogen (secondary N) is 1. The smallest absolute Gasteiger partial charge is 0.267 e. The monoisotopic (exact) mass is 391 g/mol. The van der Waals surface area contributed by atoms with Gasteiger partial charge < -0.3 is 0 Å². The normalized spacial score (nSPS) is 14.2. The molecule has 0 saturated heterocycles. The number of thiazole rings is 1. The molecule has 0 bridgehead atoms. The Morgan fingerprint density at radius 1 is 1.31 bits per heavy atom. The molecule has 0 fully saturated rings. The molecule has 4 nitrogen and oxygen atoms in total. The van der Waals surface area contributed by atoms with Crippen LogP contribution in [0.2, 0.25) is 0 Å². The summed E-state index contributed by atoms with van der Waals surface area (Å²) in [6, 6.07) is 7.12. The number of carbonyl (C=O) groups excluding carboxylic acids is 1. The Bertz CT molecular complexity index is 940. The summed E-state index contributed by atoms with van der Waals surface area (Å²) in [5.74, 6) is -0.995. The van der Waals surface area contributed by atoms with Crippen molar-refractivity contribution >= 4 is 33.7 Å². The Kier molecular flexibility index (Phi) is 4.80. The number of benzene rings is 1. The van der Waals surface area contributed by atoms with Crippen LogP contribution in [0.4, 0.5) is 13.9 Å². The van der Waals surface area contributed by atoms with Crippen LogP contribution in [0, 0.1) is 11.6 Å². The van der Waals surface area contributed by atoms with Crippen LogP contribution in [-0.2, 0) is 19.5 Å². The molecule has 8 heteroatoms. The molecule has 3 aromatic rings. The predicted octanol–water partition coefficient (Wildman–Crippen LogP) is 4.29. The zero-order valence-electron chi connectivity index (χ0n) is 13.7. The van der Waals surface area contributed by atoms with E-state index in [1.54, 1.807) is 6.07 Å². The first kappa shape index (κ1) is 17.3. The van der Waals surface area contributed by atoms with Crippen molar-refractivity contribution in [2.24, 2.45) is 0 Å². The highest BCUT2D eigenvalue weighted by Gasteiger charge is 2.22. The van der Waals surface area contributed by atoms with E-state index in [0.29, 0.717) is 35.2 Å². The van der Waals surface area contributed by atoms with E-state index in [0.717, 1.165) is 29.1 Å². The molecule has 26 heavy (non-hydrogen) atoms. The first-order valence-electron chi connectivity index (χ1n) is 8.08. The third-order valence-corrected chi connectivity index (χ3v) is 6.04. The molecule has 0 radical (unpaired) electrons. The van der Waals surface area contributed by atoms with Gasteiger partial charge in [0.25, 0.3) is 5.91 Å². The number of carbonyl (C=O) groups is 1. The molecule has 2 aromatic heterocycles. The molecule has 1 aliphatic rings. The summed E-state index contributed by atoms with van der Waals surface area (Å²) in [7, 11) is 0. The van der Waals surface area contributed by atoms with Crippen LogP contribution in [0.15, 0.2) is 35.7 Å². The molecule has 0 unspecified atom stereocenters. The summed E-state index contributed by atoms with van der Waals surface area (Å²) in [5, 5.41) is 5.26. The second-order valence-corrected chi connectivity index (χ2v) is 8.05. The van der Waals surface area contributed by atoms with Crippen molar-refractivity contribution in [2.75, 3.05) is 11.9 Å². The Morgan fingerprint density at radius 2 is 2.19 bits per heavy atom. The largest absolute Gasteiger partial charge is 0.297 e. The Labute approximate surface area is 157 Å². The van der Waals surface area contributed by atoms with Gasteiger partial charge in [-0.2, -0.15) is 0 Å². The van der Waals surface area contributed by atoms with Crippen molar-refractivity contribution in [3.63, 3.8) is 0 Å². The third kappa shape index (κ3) is 3.67. The number of fused-ring (bicyclic) bond motifs is 1. The van der Waals surface area contributed by atoms with Crippen molar-refractivity contribution in [2.45, 2.75) is 19.5 Å². The minimum absolute atomic E-state index is 0.162. The fourth-order valence-electron chi connectivity index (χ4n) is 2.91. The molecular weight excluding hydrogens is 376 g/mol. The molecule has 0 saturated carbocycles. The standard InChI is InChI=1S/C18H15F2N3OS2/c19-12-3-4-13(20)11(8-12)9-23-6-5-14-16(10-23)26-18(21-14)22-17(24)15-2-1-7-25-15/h1-4,7-8H,5-6,9-10H2,(H,21,22,24). The summed E-state index contributed by atoms with van der Waals surface area (Å²) in [6.45, 7) is 1.67. The third-order valence-electron chi connectivity index (χ3n) is 4.18. The second-order valence-electron chi connectivity index (χ2n) is 6.02. The summed E-state index contributed by atoms with van der Waals surface area (Å²) in [5.41, 5.74) is 1.32. The number of anilines is 1. The van der Waals surface area contributed by atoms with Crippen LogP contribution in [0.5, 0.6) is 0 Å². The van der Waals surface area contributed by atoms with Gasteiger partial charge in [0.2, 0.25) is 0 Å². The molecule has 1 amide bonds. The minimum atomic E-state index is -0.435. The minimum Gasteiger partial charge on any atom is -0.297 e. The maximum atomic E-state index is 13.9. The lowest BCUT2D eigenvalue weighted by atomic mass is 10.1. The second kappa shape index (κ2) is 7.22. The molecule has 0 aliphatic carbocycles. The molecule has 1 aliphatic heterocycles. The predicted molar refractivity (Wildman–Crippen MR) is 98.6 cm³/mol. The number of amides is 1. The first-order valence-corrected chi connectivity index (χ1v) is 9.78. The average molecular weight is 391 g/mol. The lowest BCUT2D eigenvalue weighted by molar-refractivity contribution is 0.103. The lowest BCUT2D eigenvalue weighted by Gasteiger charge is -2.25. The summed E-state index contributed by atoms with van der Waals surface area (Å²) in [4.78, 5) is 20.4. The molecular formula is C18H15F2N3OS2. The van der Waals surface area contributed by atoms with Crippen LogP contribution >= 0.6 is 22.7 Å². The Morgan fingerprint density at radius 3 is 3.00 bits per heavy atom. The number of nitrogens with zero attached hydrogens (tertiary/aromatic N) is 2.